The standard InChI is InChI=1S/C17H15N3O2/c1-12(21)19-11-14-2-6-15(7-3-14)17(22)20-16-8-4-13(10-18)5-9-16/h2-9H,11H2,1H3,(H,19,21)(H,20,22). The number of anilines is 1. The van der Waals surface area contributed by atoms with Crippen LogP contribution < -0.4 is 10.6 Å². The Morgan fingerprint density at radius 2 is 1.68 bits per heavy atom. The Hall–Kier alpha value is -3.13. The van der Waals surface area contributed by atoms with E-state index in [1.54, 1.807) is 48.5 Å². The summed E-state index contributed by atoms with van der Waals surface area (Å²) in [6.07, 6.45) is 0. The number of carbonyl (C=O) groups excluding carboxylic acids is 2. The van der Waals surface area contributed by atoms with Crippen molar-refractivity contribution in [1.29, 1.82) is 5.26 Å². The average molecular weight is 293 g/mol. The molecule has 0 saturated carbocycles. The summed E-state index contributed by atoms with van der Waals surface area (Å²) in [7, 11) is 0. The summed E-state index contributed by atoms with van der Waals surface area (Å²) < 4.78 is 0. The van der Waals surface area contributed by atoms with E-state index in [9.17, 15) is 9.59 Å². The molecule has 5 nitrogen and oxygen atoms in total. The molecule has 2 N–H and O–H groups in total. The molecule has 2 amide bonds. The van der Waals surface area contributed by atoms with Crippen LogP contribution in [0.1, 0.15) is 28.4 Å². The Labute approximate surface area is 128 Å². The van der Waals surface area contributed by atoms with Crippen molar-refractivity contribution in [3.63, 3.8) is 0 Å². The lowest BCUT2D eigenvalue weighted by molar-refractivity contribution is -0.119. The second-order valence-electron chi connectivity index (χ2n) is 4.75. The van der Waals surface area contributed by atoms with Crippen LogP contribution in [0.3, 0.4) is 0 Å². The first-order valence-corrected chi connectivity index (χ1v) is 6.73. The first-order valence-electron chi connectivity index (χ1n) is 6.73. The van der Waals surface area contributed by atoms with E-state index in [-0.39, 0.29) is 11.8 Å². The fourth-order valence-electron chi connectivity index (χ4n) is 1.83. The van der Waals surface area contributed by atoms with Crippen LogP contribution in [0.5, 0.6) is 0 Å². The summed E-state index contributed by atoms with van der Waals surface area (Å²) in [5.74, 6) is -0.321. The largest absolute Gasteiger partial charge is 0.352 e. The van der Waals surface area contributed by atoms with Crippen LogP contribution in [0, 0.1) is 11.3 Å². The summed E-state index contributed by atoms with van der Waals surface area (Å²) in [5, 5.41) is 14.2. The lowest BCUT2D eigenvalue weighted by atomic mass is 10.1. The zero-order chi connectivity index (χ0) is 15.9. The molecule has 0 spiro atoms. The molecular weight excluding hydrogens is 278 g/mol. The van der Waals surface area contributed by atoms with Gasteiger partial charge in [-0.2, -0.15) is 5.26 Å². The number of amides is 2. The van der Waals surface area contributed by atoms with Gasteiger partial charge in [0.05, 0.1) is 11.6 Å². The van der Waals surface area contributed by atoms with Gasteiger partial charge in [0.25, 0.3) is 5.91 Å². The van der Waals surface area contributed by atoms with Crippen molar-refractivity contribution in [1.82, 2.24) is 5.32 Å². The highest BCUT2D eigenvalue weighted by atomic mass is 16.2. The van der Waals surface area contributed by atoms with E-state index in [1.807, 2.05) is 6.07 Å². The molecule has 0 bridgehead atoms. The van der Waals surface area contributed by atoms with Crippen LogP contribution in [-0.4, -0.2) is 11.8 Å². The predicted molar refractivity (Wildman–Crippen MR) is 83.1 cm³/mol. The predicted octanol–water partition coefficient (Wildman–Crippen LogP) is 2.45. The fourth-order valence-corrected chi connectivity index (χ4v) is 1.83. The normalized spacial score (nSPS) is 9.64. The third kappa shape index (κ3) is 4.18. The van der Waals surface area contributed by atoms with Gasteiger partial charge in [0.1, 0.15) is 0 Å². The van der Waals surface area contributed by atoms with E-state index >= 15 is 0 Å². The van der Waals surface area contributed by atoms with E-state index in [1.165, 1.54) is 6.92 Å². The molecule has 0 aromatic heterocycles. The molecule has 0 aliphatic carbocycles. The van der Waals surface area contributed by atoms with E-state index in [2.05, 4.69) is 10.6 Å². The van der Waals surface area contributed by atoms with Crippen molar-refractivity contribution in [2.75, 3.05) is 5.32 Å². The molecule has 110 valence electrons. The zero-order valence-electron chi connectivity index (χ0n) is 12.1. The lowest BCUT2D eigenvalue weighted by Crippen LogP contribution is -2.19. The Morgan fingerprint density at radius 3 is 2.23 bits per heavy atom. The van der Waals surface area contributed by atoms with Gasteiger partial charge in [-0.3, -0.25) is 9.59 Å². The number of nitrogens with zero attached hydrogens (tertiary/aromatic N) is 1. The topological polar surface area (TPSA) is 82.0 Å². The molecule has 2 rings (SSSR count). The summed E-state index contributed by atoms with van der Waals surface area (Å²) in [6, 6.07) is 15.7. The Balaban J connectivity index is 2.00. The van der Waals surface area contributed by atoms with Gasteiger partial charge >= 0.3 is 0 Å². The molecule has 22 heavy (non-hydrogen) atoms. The minimum atomic E-state index is -0.226. The molecule has 0 fully saturated rings. The summed E-state index contributed by atoms with van der Waals surface area (Å²) in [6.45, 7) is 1.90. The third-order valence-corrected chi connectivity index (χ3v) is 3.03. The number of hydrogen-bond donors (Lipinski definition) is 2. The van der Waals surface area contributed by atoms with Gasteiger partial charge in [-0.25, -0.2) is 0 Å². The van der Waals surface area contributed by atoms with Crippen LogP contribution in [0.2, 0.25) is 0 Å². The molecule has 0 unspecified atom stereocenters. The van der Waals surface area contributed by atoms with Crippen molar-refractivity contribution in [3.8, 4) is 6.07 Å². The average Bonchev–Trinajstić information content (AvgIpc) is 2.54. The van der Waals surface area contributed by atoms with E-state index in [0.717, 1.165) is 5.56 Å². The highest BCUT2D eigenvalue weighted by Crippen LogP contribution is 2.11. The number of carbonyl (C=O) groups is 2. The number of rotatable bonds is 4. The van der Waals surface area contributed by atoms with Gasteiger partial charge < -0.3 is 10.6 Å². The maximum atomic E-state index is 12.1. The number of benzene rings is 2. The van der Waals surface area contributed by atoms with E-state index < -0.39 is 0 Å². The zero-order valence-corrected chi connectivity index (χ0v) is 12.1. The second-order valence-corrected chi connectivity index (χ2v) is 4.75. The fraction of sp³-hybridized carbons (Fsp3) is 0.118. The summed E-state index contributed by atoms with van der Waals surface area (Å²) >= 11 is 0. The molecule has 2 aromatic carbocycles. The SMILES string of the molecule is CC(=O)NCc1ccc(C(=O)Nc2ccc(C#N)cc2)cc1. The number of hydrogen-bond acceptors (Lipinski definition) is 3. The van der Waals surface area contributed by atoms with Crippen LogP contribution >= 0.6 is 0 Å². The van der Waals surface area contributed by atoms with Crippen LogP contribution in [0.4, 0.5) is 5.69 Å². The molecule has 0 saturated heterocycles. The molecular formula is C17H15N3O2. The van der Waals surface area contributed by atoms with Crippen LogP contribution in [0.25, 0.3) is 0 Å². The van der Waals surface area contributed by atoms with Crippen molar-refractivity contribution >= 4 is 17.5 Å². The molecule has 0 radical (unpaired) electrons. The van der Waals surface area contributed by atoms with Crippen LogP contribution in [-0.2, 0) is 11.3 Å². The van der Waals surface area contributed by atoms with E-state index in [4.69, 9.17) is 5.26 Å². The van der Waals surface area contributed by atoms with Gasteiger partial charge in [-0.05, 0) is 42.0 Å². The van der Waals surface area contributed by atoms with Crippen molar-refractivity contribution in [2.24, 2.45) is 0 Å². The Morgan fingerprint density at radius 1 is 1.05 bits per heavy atom. The minimum Gasteiger partial charge on any atom is -0.352 e. The quantitative estimate of drug-likeness (QED) is 0.908. The van der Waals surface area contributed by atoms with Crippen LogP contribution in [0.15, 0.2) is 48.5 Å². The monoisotopic (exact) mass is 293 g/mol. The maximum absolute atomic E-state index is 12.1. The third-order valence-electron chi connectivity index (χ3n) is 3.03. The number of nitrogens with one attached hydrogen (secondary N) is 2. The Kier molecular flexibility index (Phi) is 4.89. The van der Waals surface area contributed by atoms with E-state index in [0.29, 0.717) is 23.4 Å². The van der Waals surface area contributed by atoms with Gasteiger partial charge in [-0.1, -0.05) is 12.1 Å². The van der Waals surface area contributed by atoms with Gasteiger partial charge in [-0.15, -0.1) is 0 Å². The molecule has 0 atom stereocenters. The molecule has 0 aliphatic rings. The maximum Gasteiger partial charge on any atom is 0.255 e. The van der Waals surface area contributed by atoms with Crippen molar-refractivity contribution in [3.05, 3.63) is 65.2 Å². The Bertz CT molecular complexity index is 713. The second kappa shape index (κ2) is 7.04. The highest BCUT2D eigenvalue weighted by Gasteiger charge is 2.06. The molecule has 5 heteroatoms. The lowest BCUT2D eigenvalue weighted by Gasteiger charge is -2.07. The molecule has 2 aromatic rings. The first kappa shape index (κ1) is 15.3. The minimum absolute atomic E-state index is 0.0948. The smallest absolute Gasteiger partial charge is 0.255 e. The summed E-state index contributed by atoms with van der Waals surface area (Å²) in [5.41, 5.74) is 2.62. The van der Waals surface area contributed by atoms with Gasteiger partial charge in [0, 0.05) is 24.7 Å². The molecule has 0 heterocycles. The highest BCUT2D eigenvalue weighted by molar-refractivity contribution is 6.04. The van der Waals surface area contributed by atoms with Gasteiger partial charge in [0.2, 0.25) is 5.91 Å². The summed E-state index contributed by atoms with van der Waals surface area (Å²) in [4.78, 5) is 22.9. The van der Waals surface area contributed by atoms with Gasteiger partial charge in [0.15, 0.2) is 0 Å². The van der Waals surface area contributed by atoms with Crippen molar-refractivity contribution < 1.29 is 9.59 Å². The first-order chi connectivity index (χ1) is 10.6. The van der Waals surface area contributed by atoms with Crippen molar-refractivity contribution in [2.45, 2.75) is 13.5 Å². The molecule has 0 aliphatic heterocycles. The number of nitriles is 1.